The van der Waals surface area contributed by atoms with Crippen LogP contribution in [-0.2, 0) is 26.2 Å². The molecule has 1 unspecified atom stereocenters. The van der Waals surface area contributed by atoms with Crippen LogP contribution in [-0.4, -0.2) is 59.0 Å². The van der Waals surface area contributed by atoms with Crippen LogP contribution in [0, 0.1) is 13.8 Å². The van der Waals surface area contributed by atoms with Crippen molar-refractivity contribution in [2.45, 2.75) is 38.3 Å². The second kappa shape index (κ2) is 13.5. The Kier molecular flexibility index (Phi) is 10.5. The number of ether oxygens (including phenoxy) is 2. The molecule has 2 amide bonds. The molecular weight excluding hydrogens is 589 g/mol. The topological polar surface area (TPSA) is 105 Å². The third-order valence-electron chi connectivity index (χ3n) is 6.52. The van der Waals surface area contributed by atoms with Crippen molar-refractivity contribution in [3.05, 3.63) is 81.3 Å². The molecule has 0 aliphatic rings. The number of sulfonamides is 1. The average molecular weight is 623 g/mol. The summed E-state index contributed by atoms with van der Waals surface area (Å²) in [5, 5.41) is 3.16. The molecule has 9 nitrogen and oxygen atoms in total. The van der Waals surface area contributed by atoms with E-state index >= 15 is 0 Å². The lowest BCUT2D eigenvalue weighted by Crippen LogP contribution is -2.50. The van der Waals surface area contributed by atoms with E-state index in [9.17, 15) is 18.0 Å². The number of likely N-dealkylation sites (N-methyl/N-ethyl adjacent to an activating group) is 1. The maximum atomic E-state index is 14.1. The number of amides is 2. The smallest absolute Gasteiger partial charge is 0.264 e. The minimum absolute atomic E-state index is 0.109. The van der Waals surface area contributed by atoms with Crippen molar-refractivity contribution in [2.24, 2.45) is 0 Å². The predicted molar refractivity (Wildman–Crippen MR) is 161 cm³/mol. The van der Waals surface area contributed by atoms with Gasteiger partial charge >= 0.3 is 0 Å². The zero-order chi connectivity index (χ0) is 30.5. The average Bonchev–Trinajstić information content (AvgIpc) is 2.93. The predicted octanol–water partition coefficient (Wildman–Crippen LogP) is 4.99. The van der Waals surface area contributed by atoms with Gasteiger partial charge in [0.2, 0.25) is 11.8 Å². The van der Waals surface area contributed by atoms with Crippen LogP contribution in [0.3, 0.4) is 0 Å². The van der Waals surface area contributed by atoms with Gasteiger partial charge in [-0.25, -0.2) is 8.42 Å². The Morgan fingerprint density at radius 1 is 0.927 bits per heavy atom. The van der Waals surface area contributed by atoms with Crippen LogP contribution >= 0.6 is 23.2 Å². The minimum Gasteiger partial charge on any atom is -0.493 e. The number of nitrogens with one attached hydrogen (secondary N) is 1. The number of rotatable bonds is 11. The first-order valence-electron chi connectivity index (χ1n) is 12.6. The van der Waals surface area contributed by atoms with E-state index in [0.717, 1.165) is 15.4 Å². The maximum Gasteiger partial charge on any atom is 0.264 e. The van der Waals surface area contributed by atoms with Crippen molar-refractivity contribution >= 4 is 50.7 Å². The number of nitrogens with zero attached hydrogens (tertiary/aromatic N) is 2. The fourth-order valence-electron chi connectivity index (χ4n) is 4.37. The maximum absolute atomic E-state index is 14.1. The zero-order valence-electron chi connectivity index (χ0n) is 23.7. The Hall–Kier alpha value is -3.47. The van der Waals surface area contributed by atoms with E-state index in [4.69, 9.17) is 32.7 Å². The van der Waals surface area contributed by atoms with E-state index in [-0.39, 0.29) is 22.9 Å². The number of methoxy groups -OCH3 is 2. The third kappa shape index (κ3) is 7.25. The Bertz CT molecular complexity index is 1510. The van der Waals surface area contributed by atoms with Crippen LogP contribution in [0.4, 0.5) is 5.69 Å². The number of halogens is 2. The van der Waals surface area contributed by atoms with E-state index in [1.54, 1.807) is 37.3 Å². The van der Waals surface area contributed by atoms with Gasteiger partial charge in [0.1, 0.15) is 12.6 Å². The van der Waals surface area contributed by atoms with Gasteiger partial charge in [-0.3, -0.25) is 13.9 Å². The molecule has 0 heterocycles. The highest BCUT2D eigenvalue weighted by molar-refractivity contribution is 7.92. The fraction of sp³-hybridized carbons (Fsp3) is 0.310. The normalized spacial score (nSPS) is 11.9. The summed E-state index contributed by atoms with van der Waals surface area (Å²) in [6.07, 6.45) is 0. The van der Waals surface area contributed by atoms with E-state index < -0.39 is 34.4 Å². The van der Waals surface area contributed by atoms with Gasteiger partial charge < -0.3 is 19.7 Å². The highest BCUT2D eigenvalue weighted by Crippen LogP contribution is 2.33. The van der Waals surface area contributed by atoms with Crippen molar-refractivity contribution in [3.8, 4) is 11.5 Å². The summed E-state index contributed by atoms with van der Waals surface area (Å²) in [5.74, 6) is -0.520. The SMILES string of the molecule is CNC(=O)C(C)N(Cc1c(Cl)cccc1Cl)C(=O)CN(c1cc(C)cc(C)c1)S(=O)(=O)c1ccc(OC)c(OC)c1. The first kappa shape index (κ1) is 32.0. The molecule has 0 saturated carbocycles. The Balaban J connectivity index is 2.14. The highest BCUT2D eigenvalue weighted by atomic mass is 35.5. The number of hydrogen-bond donors (Lipinski definition) is 1. The van der Waals surface area contributed by atoms with Crippen molar-refractivity contribution < 1.29 is 27.5 Å². The molecule has 0 spiro atoms. The summed E-state index contributed by atoms with van der Waals surface area (Å²) in [6.45, 7) is 4.48. The molecule has 41 heavy (non-hydrogen) atoms. The first-order valence-corrected chi connectivity index (χ1v) is 14.8. The number of anilines is 1. The van der Waals surface area contributed by atoms with Gasteiger partial charge in [0.25, 0.3) is 10.0 Å². The summed E-state index contributed by atoms with van der Waals surface area (Å²) in [6, 6.07) is 13.4. The van der Waals surface area contributed by atoms with Crippen molar-refractivity contribution in [2.75, 3.05) is 32.1 Å². The molecule has 0 fully saturated rings. The molecule has 12 heteroatoms. The molecule has 0 bridgehead atoms. The molecule has 3 rings (SSSR count). The number of benzene rings is 3. The lowest BCUT2D eigenvalue weighted by molar-refractivity contribution is -0.139. The van der Waals surface area contributed by atoms with Crippen molar-refractivity contribution in [3.63, 3.8) is 0 Å². The fourth-order valence-corrected chi connectivity index (χ4v) is 6.30. The highest BCUT2D eigenvalue weighted by Gasteiger charge is 2.33. The number of aryl methyl sites for hydroxylation is 2. The monoisotopic (exact) mass is 621 g/mol. The lowest BCUT2D eigenvalue weighted by Gasteiger charge is -2.32. The molecule has 0 saturated heterocycles. The summed E-state index contributed by atoms with van der Waals surface area (Å²) >= 11 is 12.8. The van der Waals surface area contributed by atoms with Crippen molar-refractivity contribution in [1.29, 1.82) is 0 Å². The van der Waals surface area contributed by atoms with Gasteiger partial charge in [-0.15, -0.1) is 0 Å². The van der Waals surface area contributed by atoms with Crippen molar-refractivity contribution in [1.82, 2.24) is 10.2 Å². The number of carbonyl (C=O) groups is 2. The molecule has 1 N–H and O–H groups in total. The van der Waals surface area contributed by atoms with Crippen LogP contribution in [0.25, 0.3) is 0 Å². The molecule has 0 radical (unpaired) electrons. The summed E-state index contributed by atoms with van der Waals surface area (Å²) < 4.78 is 39.9. The van der Waals surface area contributed by atoms with Gasteiger partial charge in [-0.1, -0.05) is 35.3 Å². The quantitative estimate of drug-likeness (QED) is 0.323. The standard InChI is InChI=1S/C29H33Cl2N3O6S/c1-18-12-19(2)14-21(13-18)34(41(37,38)22-10-11-26(39-5)27(15-22)40-6)17-28(35)33(20(3)29(36)32-4)16-23-24(30)8-7-9-25(23)31/h7-15,20H,16-17H2,1-6H3,(H,32,36). The molecule has 1 atom stereocenters. The molecule has 0 aliphatic carbocycles. The van der Waals surface area contributed by atoms with E-state index in [1.807, 2.05) is 19.9 Å². The Morgan fingerprint density at radius 3 is 2.05 bits per heavy atom. The van der Waals surface area contributed by atoms with Gasteiger partial charge in [0.15, 0.2) is 11.5 Å². The van der Waals surface area contributed by atoms with Crippen LogP contribution in [0.5, 0.6) is 11.5 Å². The molecule has 220 valence electrons. The summed E-state index contributed by atoms with van der Waals surface area (Å²) in [5.41, 5.74) is 2.33. The Labute approximate surface area is 251 Å². The van der Waals surface area contributed by atoms with Crippen LogP contribution in [0.1, 0.15) is 23.6 Å². The minimum atomic E-state index is -4.32. The zero-order valence-corrected chi connectivity index (χ0v) is 26.0. The van der Waals surface area contributed by atoms with Gasteiger partial charge in [-0.2, -0.15) is 0 Å². The molecule has 3 aromatic rings. The van der Waals surface area contributed by atoms with E-state index in [0.29, 0.717) is 21.4 Å². The molecule has 0 aromatic heterocycles. The van der Waals surface area contributed by atoms with Gasteiger partial charge in [0.05, 0.1) is 24.8 Å². The lowest BCUT2D eigenvalue weighted by atomic mass is 10.1. The van der Waals surface area contributed by atoms with E-state index in [1.165, 1.54) is 44.4 Å². The second-order valence-corrected chi connectivity index (χ2v) is 12.1. The number of carbonyl (C=O) groups excluding carboxylic acids is 2. The largest absolute Gasteiger partial charge is 0.493 e. The number of hydrogen-bond acceptors (Lipinski definition) is 6. The molecule has 0 aliphatic heterocycles. The Morgan fingerprint density at radius 2 is 1.51 bits per heavy atom. The van der Waals surface area contributed by atoms with Crippen LogP contribution < -0.4 is 19.1 Å². The van der Waals surface area contributed by atoms with Crippen LogP contribution in [0.15, 0.2) is 59.5 Å². The van der Waals surface area contributed by atoms with E-state index in [2.05, 4.69) is 5.32 Å². The summed E-state index contributed by atoms with van der Waals surface area (Å²) in [7, 11) is -0.0206. The molecular formula is C29H33Cl2N3O6S. The van der Waals surface area contributed by atoms with Gasteiger partial charge in [0, 0.05) is 35.3 Å². The summed E-state index contributed by atoms with van der Waals surface area (Å²) in [4.78, 5) is 27.8. The second-order valence-electron chi connectivity index (χ2n) is 9.39. The molecule has 3 aromatic carbocycles. The van der Waals surface area contributed by atoms with Crippen LogP contribution in [0.2, 0.25) is 10.0 Å². The first-order chi connectivity index (χ1) is 19.3. The van der Waals surface area contributed by atoms with Gasteiger partial charge in [-0.05, 0) is 68.3 Å². The third-order valence-corrected chi connectivity index (χ3v) is 9.00.